The maximum absolute atomic E-state index is 11.6. The molecule has 1 nitrogen and oxygen atoms in total. The Balaban J connectivity index is 2.21. The number of ketones is 1. The van der Waals surface area contributed by atoms with Gasteiger partial charge in [0, 0.05) is 12.3 Å². The SMILES string of the molecule is O=C1C[C@@H]2CC[C@H]1c1ccccc12. The number of hydrogen-bond donors (Lipinski definition) is 0. The summed E-state index contributed by atoms with van der Waals surface area (Å²) in [6.07, 6.45) is 3.09. The predicted molar refractivity (Wildman–Crippen MR) is 50.8 cm³/mol. The molecule has 0 radical (unpaired) electrons. The van der Waals surface area contributed by atoms with Gasteiger partial charge in [-0.3, -0.25) is 4.79 Å². The van der Waals surface area contributed by atoms with Crippen LogP contribution in [0.5, 0.6) is 0 Å². The third-order valence-corrected chi connectivity index (χ3v) is 3.45. The topological polar surface area (TPSA) is 17.1 Å². The molecule has 3 aliphatic carbocycles. The molecule has 1 fully saturated rings. The van der Waals surface area contributed by atoms with Crippen LogP contribution >= 0.6 is 0 Å². The van der Waals surface area contributed by atoms with Crippen molar-refractivity contribution in [3.05, 3.63) is 35.4 Å². The Hall–Kier alpha value is -1.11. The van der Waals surface area contributed by atoms with Gasteiger partial charge in [-0.1, -0.05) is 24.3 Å². The summed E-state index contributed by atoms with van der Waals surface area (Å²) >= 11 is 0. The van der Waals surface area contributed by atoms with Crippen molar-refractivity contribution in [1.29, 1.82) is 0 Å². The maximum Gasteiger partial charge on any atom is 0.140 e. The van der Waals surface area contributed by atoms with Crippen LogP contribution < -0.4 is 0 Å². The summed E-state index contributed by atoms with van der Waals surface area (Å²) in [4.78, 5) is 11.6. The summed E-state index contributed by atoms with van der Waals surface area (Å²) in [6, 6.07) is 8.46. The summed E-state index contributed by atoms with van der Waals surface area (Å²) in [5.41, 5.74) is 2.76. The van der Waals surface area contributed by atoms with E-state index in [9.17, 15) is 4.79 Å². The number of Topliss-reactive ketones (excluding diaryl/α,β-unsaturated/α-hetero) is 1. The molecule has 4 rings (SSSR count). The van der Waals surface area contributed by atoms with Gasteiger partial charge in [0.15, 0.2) is 0 Å². The van der Waals surface area contributed by atoms with Crippen molar-refractivity contribution in [2.24, 2.45) is 0 Å². The number of rotatable bonds is 0. The molecule has 3 aliphatic rings. The summed E-state index contributed by atoms with van der Waals surface area (Å²) in [7, 11) is 0. The summed E-state index contributed by atoms with van der Waals surface area (Å²) in [5.74, 6) is 1.24. The van der Waals surface area contributed by atoms with Gasteiger partial charge in [-0.05, 0) is 29.9 Å². The molecule has 13 heavy (non-hydrogen) atoms. The minimum Gasteiger partial charge on any atom is -0.299 e. The van der Waals surface area contributed by atoms with E-state index in [1.807, 2.05) is 6.07 Å². The second-order valence-electron chi connectivity index (χ2n) is 4.13. The summed E-state index contributed by atoms with van der Waals surface area (Å²) < 4.78 is 0. The van der Waals surface area contributed by atoms with Gasteiger partial charge in [-0.25, -0.2) is 0 Å². The van der Waals surface area contributed by atoms with Crippen LogP contribution in [-0.2, 0) is 4.79 Å². The molecular weight excluding hydrogens is 160 g/mol. The highest BCUT2D eigenvalue weighted by Crippen LogP contribution is 2.46. The van der Waals surface area contributed by atoms with E-state index in [0.717, 1.165) is 12.8 Å². The Bertz CT molecular complexity index is 367. The minimum atomic E-state index is 0.237. The van der Waals surface area contributed by atoms with E-state index in [0.29, 0.717) is 11.7 Å². The van der Waals surface area contributed by atoms with Crippen molar-refractivity contribution in [1.82, 2.24) is 0 Å². The van der Waals surface area contributed by atoms with E-state index < -0.39 is 0 Å². The first kappa shape index (κ1) is 7.31. The van der Waals surface area contributed by atoms with Crippen molar-refractivity contribution < 1.29 is 4.79 Å². The molecule has 0 spiro atoms. The lowest BCUT2D eigenvalue weighted by molar-refractivity contribution is -0.123. The normalized spacial score (nSPS) is 30.3. The first-order valence-corrected chi connectivity index (χ1v) is 4.98. The zero-order chi connectivity index (χ0) is 8.84. The fourth-order valence-electron chi connectivity index (χ4n) is 2.81. The van der Waals surface area contributed by atoms with Crippen LogP contribution in [0, 0.1) is 0 Å². The summed E-state index contributed by atoms with van der Waals surface area (Å²) in [5, 5.41) is 0. The number of fused-ring (bicyclic) bond motifs is 2. The highest BCUT2D eigenvalue weighted by Gasteiger charge is 2.37. The van der Waals surface area contributed by atoms with Crippen LogP contribution in [0.15, 0.2) is 24.3 Å². The Labute approximate surface area is 77.8 Å². The zero-order valence-corrected chi connectivity index (χ0v) is 7.49. The number of hydrogen-bond acceptors (Lipinski definition) is 1. The van der Waals surface area contributed by atoms with Gasteiger partial charge in [0.25, 0.3) is 0 Å². The van der Waals surface area contributed by atoms with Crippen molar-refractivity contribution in [3.8, 4) is 0 Å². The summed E-state index contributed by atoms with van der Waals surface area (Å²) in [6.45, 7) is 0. The first-order chi connectivity index (χ1) is 6.36. The van der Waals surface area contributed by atoms with Crippen molar-refractivity contribution in [3.63, 3.8) is 0 Å². The van der Waals surface area contributed by atoms with Crippen LogP contribution in [0.1, 0.15) is 42.2 Å². The lowest BCUT2D eigenvalue weighted by Gasteiger charge is -2.36. The number of carbonyl (C=O) groups is 1. The molecular formula is C12H12O. The van der Waals surface area contributed by atoms with Crippen molar-refractivity contribution >= 4 is 5.78 Å². The molecule has 0 unspecified atom stereocenters. The molecule has 0 saturated heterocycles. The van der Waals surface area contributed by atoms with E-state index in [2.05, 4.69) is 18.2 Å². The molecule has 0 aliphatic heterocycles. The van der Waals surface area contributed by atoms with Crippen molar-refractivity contribution in [2.45, 2.75) is 31.1 Å². The molecule has 0 aromatic heterocycles. The largest absolute Gasteiger partial charge is 0.299 e. The minimum absolute atomic E-state index is 0.237. The number of benzene rings is 1. The molecule has 1 aromatic rings. The third kappa shape index (κ3) is 0.902. The van der Waals surface area contributed by atoms with Gasteiger partial charge >= 0.3 is 0 Å². The van der Waals surface area contributed by atoms with Crippen molar-refractivity contribution in [2.75, 3.05) is 0 Å². The fourth-order valence-corrected chi connectivity index (χ4v) is 2.81. The van der Waals surface area contributed by atoms with Gasteiger partial charge < -0.3 is 0 Å². The lowest BCUT2D eigenvalue weighted by Crippen LogP contribution is -2.29. The highest BCUT2D eigenvalue weighted by molar-refractivity contribution is 5.89. The zero-order valence-electron chi connectivity index (χ0n) is 7.49. The van der Waals surface area contributed by atoms with E-state index in [4.69, 9.17) is 0 Å². The van der Waals surface area contributed by atoms with Crippen LogP contribution in [0.25, 0.3) is 0 Å². The Morgan fingerprint density at radius 2 is 1.85 bits per heavy atom. The molecule has 2 atom stereocenters. The number of carbonyl (C=O) groups excluding carboxylic acids is 1. The van der Waals surface area contributed by atoms with E-state index in [1.165, 1.54) is 17.5 Å². The van der Waals surface area contributed by atoms with E-state index in [1.54, 1.807) is 0 Å². The lowest BCUT2D eigenvalue weighted by atomic mass is 9.66. The van der Waals surface area contributed by atoms with Gasteiger partial charge in [0.1, 0.15) is 5.78 Å². The maximum atomic E-state index is 11.6. The molecule has 0 N–H and O–H groups in total. The van der Waals surface area contributed by atoms with Crippen LogP contribution in [0.3, 0.4) is 0 Å². The highest BCUT2D eigenvalue weighted by atomic mass is 16.1. The molecule has 0 amide bonds. The molecule has 66 valence electrons. The molecule has 2 bridgehead atoms. The quantitative estimate of drug-likeness (QED) is 0.588. The van der Waals surface area contributed by atoms with Gasteiger partial charge in [-0.2, -0.15) is 0 Å². The molecule has 1 aromatic carbocycles. The van der Waals surface area contributed by atoms with Crippen LogP contribution in [0.4, 0.5) is 0 Å². The smallest absolute Gasteiger partial charge is 0.140 e. The predicted octanol–water partition coefficient (Wildman–Crippen LogP) is 2.62. The third-order valence-electron chi connectivity index (χ3n) is 3.45. The molecule has 0 heterocycles. The second kappa shape index (κ2) is 2.44. The van der Waals surface area contributed by atoms with Crippen LogP contribution in [0.2, 0.25) is 0 Å². The molecule has 1 saturated carbocycles. The van der Waals surface area contributed by atoms with Gasteiger partial charge in [0.05, 0.1) is 0 Å². The van der Waals surface area contributed by atoms with Crippen LogP contribution in [-0.4, -0.2) is 5.78 Å². The average molecular weight is 172 g/mol. The van der Waals surface area contributed by atoms with E-state index >= 15 is 0 Å². The Kier molecular flexibility index (Phi) is 1.37. The monoisotopic (exact) mass is 172 g/mol. The first-order valence-electron chi connectivity index (χ1n) is 4.98. The Morgan fingerprint density at radius 3 is 2.62 bits per heavy atom. The average Bonchev–Trinajstić information content (AvgIpc) is 2.19. The van der Waals surface area contributed by atoms with Gasteiger partial charge in [-0.15, -0.1) is 0 Å². The second-order valence-corrected chi connectivity index (χ2v) is 4.13. The molecule has 1 heteroatoms. The fraction of sp³-hybridized carbons (Fsp3) is 0.417. The standard InChI is InChI=1S/C12H12O/c13-12-7-8-5-6-11(12)10-4-2-1-3-9(8)10/h1-4,8,11H,5-7H2/t8-,11-/m0/s1. The van der Waals surface area contributed by atoms with E-state index in [-0.39, 0.29) is 5.92 Å². The Morgan fingerprint density at radius 1 is 1.08 bits per heavy atom. The van der Waals surface area contributed by atoms with Gasteiger partial charge in [0.2, 0.25) is 0 Å².